The van der Waals surface area contributed by atoms with Gasteiger partial charge >= 0.3 is 0 Å². The minimum absolute atomic E-state index is 0.303. The molecule has 0 spiro atoms. The monoisotopic (exact) mass is 152 g/mol. The highest BCUT2D eigenvalue weighted by molar-refractivity contribution is 5.05. The first-order valence-corrected chi connectivity index (χ1v) is 3.39. The van der Waals surface area contributed by atoms with Gasteiger partial charge in [0.05, 0.1) is 13.2 Å². The lowest BCUT2D eigenvalue weighted by atomic mass is 10.0. The Morgan fingerprint density at radius 3 is 2.45 bits per heavy atom. The predicted molar refractivity (Wildman–Crippen MR) is 36.7 cm³/mol. The maximum Gasteiger partial charge on any atom is 0.170 e. The van der Waals surface area contributed by atoms with Crippen LogP contribution in [0, 0.1) is 0 Å². The maximum atomic E-state index is 9.63. The van der Waals surface area contributed by atoms with Crippen LogP contribution in [0.4, 0.5) is 0 Å². The summed E-state index contributed by atoms with van der Waals surface area (Å²) in [6.45, 7) is 0.605. The summed E-state index contributed by atoms with van der Waals surface area (Å²) in [5, 5.41) is 9.63. The standard InChI is InChI=1S/C7H8N2O2/c10-7(4-11-5-7)6-8-2-1-3-9-6/h1-3,10H,4-5H2. The molecule has 1 aliphatic heterocycles. The van der Waals surface area contributed by atoms with E-state index < -0.39 is 5.60 Å². The maximum absolute atomic E-state index is 9.63. The van der Waals surface area contributed by atoms with E-state index in [4.69, 9.17) is 4.74 Å². The van der Waals surface area contributed by atoms with Crippen molar-refractivity contribution >= 4 is 0 Å². The van der Waals surface area contributed by atoms with E-state index in [1.165, 1.54) is 0 Å². The van der Waals surface area contributed by atoms with E-state index in [9.17, 15) is 5.11 Å². The van der Waals surface area contributed by atoms with Crippen LogP contribution >= 0.6 is 0 Å². The molecule has 1 fully saturated rings. The second kappa shape index (κ2) is 2.25. The molecule has 0 unspecified atom stereocenters. The molecule has 1 aliphatic rings. The van der Waals surface area contributed by atoms with Crippen molar-refractivity contribution in [3.8, 4) is 0 Å². The van der Waals surface area contributed by atoms with Crippen LogP contribution in [0.15, 0.2) is 18.5 Å². The van der Waals surface area contributed by atoms with E-state index in [1.807, 2.05) is 0 Å². The summed E-state index contributed by atoms with van der Waals surface area (Å²) < 4.78 is 4.86. The van der Waals surface area contributed by atoms with Crippen LogP contribution in [-0.2, 0) is 10.3 Å². The van der Waals surface area contributed by atoms with Crippen LogP contribution < -0.4 is 0 Å². The van der Waals surface area contributed by atoms with E-state index in [1.54, 1.807) is 18.5 Å². The van der Waals surface area contributed by atoms with Crippen molar-refractivity contribution in [2.75, 3.05) is 13.2 Å². The first kappa shape index (κ1) is 6.69. The molecule has 0 aliphatic carbocycles. The van der Waals surface area contributed by atoms with Crippen LogP contribution in [0.3, 0.4) is 0 Å². The second-order valence-corrected chi connectivity index (χ2v) is 2.60. The molecule has 0 atom stereocenters. The third kappa shape index (κ3) is 1.00. The Kier molecular flexibility index (Phi) is 1.37. The Labute approximate surface area is 63.9 Å². The van der Waals surface area contributed by atoms with Crippen molar-refractivity contribution < 1.29 is 9.84 Å². The highest BCUT2D eigenvalue weighted by Crippen LogP contribution is 2.25. The van der Waals surface area contributed by atoms with Gasteiger partial charge in [0.15, 0.2) is 11.4 Å². The van der Waals surface area contributed by atoms with Crippen LogP contribution in [0.5, 0.6) is 0 Å². The summed E-state index contributed by atoms with van der Waals surface area (Å²) >= 11 is 0. The summed E-state index contributed by atoms with van der Waals surface area (Å²) in [6, 6.07) is 1.71. The van der Waals surface area contributed by atoms with Crippen molar-refractivity contribution in [3.63, 3.8) is 0 Å². The highest BCUT2D eigenvalue weighted by Gasteiger charge is 2.40. The van der Waals surface area contributed by atoms with Gasteiger partial charge in [-0.2, -0.15) is 0 Å². The highest BCUT2D eigenvalue weighted by atomic mass is 16.5. The van der Waals surface area contributed by atoms with Crippen LogP contribution in [0.2, 0.25) is 0 Å². The number of rotatable bonds is 1. The Balaban J connectivity index is 2.29. The molecule has 0 bridgehead atoms. The number of hydrogen-bond acceptors (Lipinski definition) is 4. The molecular weight excluding hydrogens is 144 g/mol. The summed E-state index contributed by atoms with van der Waals surface area (Å²) in [4.78, 5) is 7.86. The molecule has 11 heavy (non-hydrogen) atoms. The van der Waals surface area contributed by atoms with Gasteiger partial charge in [0, 0.05) is 12.4 Å². The fourth-order valence-corrected chi connectivity index (χ4v) is 0.964. The summed E-state index contributed by atoms with van der Waals surface area (Å²) in [6.07, 6.45) is 3.22. The lowest BCUT2D eigenvalue weighted by Gasteiger charge is -2.34. The first-order chi connectivity index (χ1) is 5.31. The van der Waals surface area contributed by atoms with Gasteiger partial charge < -0.3 is 9.84 Å². The number of ether oxygens (including phenoxy) is 1. The molecule has 4 heteroatoms. The molecule has 4 nitrogen and oxygen atoms in total. The third-order valence-corrected chi connectivity index (χ3v) is 1.66. The van der Waals surface area contributed by atoms with Gasteiger partial charge in [-0.05, 0) is 6.07 Å². The average Bonchev–Trinajstić information content (AvgIpc) is 2.02. The summed E-state index contributed by atoms with van der Waals surface area (Å²) in [5.74, 6) is 0.450. The Morgan fingerprint density at radius 2 is 2.00 bits per heavy atom. The van der Waals surface area contributed by atoms with Crippen molar-refractivity contribution in [1.82, 2.24) is 9.97 Å². The van der Waals surface area contributed by atoms with Gasteiger partial charge in [-0.1, -0.05) is 0 Å². The zero-order chi connectivity index (χ0) is 7.73. The van der Waals surface area contributed by atoms with Crippen molar-refractivity contribution in [2.24, 2.45) is 0 Å². The molecule has 1 N–H and O–H groups in total. The second-order valence-electron chi connectivity index (χ2n) is 2.60. The molecule has 1 aromatic heterocycles. The normalized spacial score (nSPS) is 20.8. The fourth-order valence-electron chi connectivity index (χ4n) is 0.964. The lowest BCUT2D eigenvalue weighted by Crippen LogP contribution is -2.47. The van der Waals surface area contributed by atoms with Crippen molar-refractivity contribution in [2.45, 2.75) is 5.60 Å². The van der Waals surface area contributed by atoms with Gasteiger partial charge in [0.25, 0.3) is 0 Å². The molecule has 58 valence electrons. The zero-order valence-electron chi connectivity index (χ0n) is 5.90. The van der Waals surface area contributed by atoms with E-state index >= 15 is 0 Å². The summed E-state index contributed by atoms with van der Waals surface area (Å²) in [7, 11) is 0. The number of hydrogen-bond donors (Lipinski definition) is 1. The predicted octanol–water partition coefficient (Wildman–Crippen LogP) is -0.306. The van der Waals surface area contributed by atoms with Crippen LogP contribution in [0.25, 0.3) is 0 Å². The quantitative estimate of drug-likeness (QED) is 0.600. The van der Waals surface area contributed by atoms with Gasteiger partial charge in [-0.25, -0.2) is 9.97 Å². The molecule has 0 amide bonds. The molecule has 0 saturated carbocycles. The van der Waals surface area contributed by atoms with Gasteiger partial charge in [0.1, 0.15) is 0 Å². The molecule has 2 heterocycles. The number of nitrogens with zero attached hydrogens (tertiary/aromatic N) is 2. The molecule has 0 radical (unpaired) electrons. The van der Waals surface area contributed by atoms with Gasteiger partial charge in [-0.15, -0.1) is 0 Å². The Morgan fingerprint density at radius 1 is 1.36 bits per heavy atom. The topological polar surface area (TPSA) is 55.2 Å². The zero-order valence-corrected chi connectivity index (χ0v) is 5.90. The van der Waals surface area contributed by atoms with Crippen molar-refractivity contribution in [3.05, 3.63) is 24.3 Å². The lowest BCUT2D eigenvalue weighted by molar-refractivity contribution is -0.189. The van der Waals surface area contributed by atoms with Gasteiger partial charge in [-0.3, -0.25) is 0 Å². The molecule has 1 aromatic rings. The molecule has 0 aromatic carbocycles. The third-order valence-electron chi connectivity index (χ3n) is 1.66. The van der Waals surface area contributed by atoms with Crippen molar-refractivity contribution in [1.29, 1.82) is 0 Å². The minimum Gasteiger partial charge on any atom is -0.377 e. The van der Waals surface area contributed by atoms with E-state index in [2.05, 4.69) is 9.97 Å². The van der Waals surface area contributed by atoms with Crippen LogP contribution in [0.1, 0.15) is 5.82 Å². The molecule has 1 saturated heterocycles. The number of aliphatic hydroxyl groups is 1. The fraction of sp³-hybridized carbons (Fsp3) is 0.429. The smallest absolute Gasteiger partial charge is 0.170 e. The largest absolute Gasteiger partial charge is 0.377 e. The Bertz CT molecular complexity index is 246. The first-order valence-electron chi connectivity index (χ1n) is 3.39. The summed E-state index contributed by atoms with van der Waals surface area (Å²) in [5.41, 5.74) is -0.929. The van der Waals surface area contributed by atoms with Crippen LogP contribution in [-0.4, -0.2) is 28.3 Å². The Hall–Kier alpha value is -1.00. The van der Waals surface area contributed by atoms with E-state index in [0.29, 0.717) is 19.0 Å². The SMILES string of the molecule is OC1(c2ncccn2)COC1. The van der Waals surface area contributed by atoms with E-state index in [0.717, 1.165) is 0 Å². The minimum atomic E-state index is -0.929. The number of aromatic nitrogens is 2. The average molecular weight is 152 g/mol. The van der Waals surface area contributed by atoms with Gasteiger partial charge in [0.2, 0.25) is 0 Å². The molecular formula is C7H8N2O2. The molecule has 2 rings (SSSR count). The van der Waals surface area contributed by atoms with E-state index in [-0.39, 0.29) is 0 Å².